The van der Waals surface area contributed by atoms with Gasteiger partial charge in [-0.2, -0.15) is 0 Å². The Morgan fingerprint density at radius 3 is 2.33 bits per heavy atom. The molecule has 0 bridgehead atoms. The van der Waals surface area contributed by atoms with E-state index in [9.17, 15) is 18.0 Å². The molecule has 0 amide bonds. The van der Waals surface area contributed by atoms with E-state index in [1.165, 1.54) is 42.3 Å². The van der Waals surface area contributed by atoms with Crippen LogP contribution in [0.3, 0.4) is 0 Å². The molecule has 1 N–H and O–H groups in total. The maximum Gasteiger partial charge on any atom is 0.337 e. The van der Waals surface area contributed by atoms with Crippen molar-refractivity contribution in [3.63, 3.8) is 0 Å². The normalized spacial score (nSPS) is 17.0. The van der Waals surface area contributed by atoms with Gasteiger partial charge in [-0.05, 0) is 49.5 Å². The predicted molar refractivity (Wildman–Crippen MR) is 98.4 cm³/mol. The van der Waals surface area contributed by atoms with Crippen molar-refractivity contribution < 1.29 is 22.7 Å². The zero-order chi connectivity index (χ0) is 19.7. The second-order valence-electron chi connectivity index (χ2n) is 5.85. The number of methoxy groups -OCH3 is 1. The van der Waals surface area contributed by atoms with Gasteiger partial charge in [0.05, 0.1) is 18.7 Å². The molecular formula is C19H15F3N2O2S. The summed E-state index contributed by atoms with van der Waals surface area (Å²) >= 11 is 5.38. The number of allylic oxidation sites excluding steroid dienone is 1. The van der Waals surface area contributed by atoms with Crippen LogP contribution in [0.25, 0.3) is 0 Å². The minimum absolute atomic E-state index is 0.0530. The van der Waals surface area contributed by atoms with Gasteiger partial charge < -0.3 is 10.1 Å². The Hall–Kier alpha value is -2.87. The SMILES string of the molecule is COC(=O)C1=C(C)N(c2ccc(F)cc2)C(=S)N[C@@H]1c1ccc(F)cc1F. The minimum atomic E-state index is -0.956. The summed E-state index contributed by atoms with van der Waals surface area (Å²) in [5.41, 5.74) is 1.08. The van der Waals surface area contributed by atoms with E-state index >= 15 is 0 Å². The van der Waals surface area contributed by atoms with Crippen molar-refractivity contribution in [2.45, 2.75) is 13.0 Å². The van der Waals surface area contributed by atoms with Crippen LogP contribution in [0.1, 0.15) is 18.5 Å². The highest BCUT2D eigenvalue weighted by Crippen LogP contribution is 2.35. The number of hydrogen-bond acceptors (Lipinski definition) is 3. The molecule has 1 atom stereocenters. The largest absolute Gasteiger partial charge is 0.466 e. The van der Waals surface area contributed by atoms with Crippen LogP contribution in [-0.4, -0.2) is 18.2 Å². The lowest BCUT2D eigenvalue weighted by molar-refractivity contribution is -0.136. The summed E-state index contributed by atoms with van der Waals surface area (Å²) in [6, 6.07) is 7.64. The molecule has 4 nitrogen and oxygen atoms in total. The van der Waals surface area contributed by atoms with Crippen LogP contribution in [0.5, 0.6) is 0 Å². The molecule has 3 rings (SSSR count). The van der Waals surface area contributed by atoms with Gasteiger partial charge in [-0.25, -0.2) is 18.0 Å². The van der Waals surface area contributed by atoms with Crippen molar-refractivity contribution in [3.8, 4) is 0 Å². The van der Waals surface area contributed by atoms with Crippen molar-refractivity contribution in [2.24, 2.45) is 0 Å². The number of rotatable bonds is 3. The van der Waals surface area contributed by atoms with Gasteiger partial charge in [0.25, 0.3) is 0 Å². The first-order chi connectivity index (χ1) is 12.8. The number of esters is 1. The highest BCUT2D eigenvalue weighted by Gasteiger charge is 2.36. The van der Waals surface area contributed by atoms with Gasteiger partial charge in [0.1, 0.15) is 17.5 Å². The van der Waals surface area contributed by atoms with Crippen molar-refractivity contribution in [3.05, 3.63) is 76.7 Å². The predicted octanol–water partition coefficient (Wildman–Crippen LogP) is 3.99. The third kappa shape index (κ3) is 3.52. The molecule has 8 heteroatoms. The fourth-order valence-electron chi connectivity index (χ4n) is 2.99. The number of nitrogens with one attached hydrogen (secondary N) is 1. The summed E-state index contributed by atoms with van der Waals surface area (Å²) < 4.78 is 45.7. The number of hydrogen-bond donors (Lipinski definition) is 1. The van der Waals surface area contributed by atoms with Crippen LogP contribution < -0.4 is 10.2 Å². The first-order valence-corrected chi connectivity index (χ1v) is 8.34. The zero-order valence-electron chi connectivity index (χ0n) is 14.4. The van der Waals surface area contributed by atoms with E-state index in [1.807, 2.05) is 0 Å². The van der Waals surface area contributed by atoms with Crippen molar-refractivity contribution in [2.75, 3.05) is 12.0 Å². The zero-order valence-corrected chi connectivity index (χ0v) is 15.2. The molecule has 0 aliphatic carbocycles. The van der Waals surface area contributed by atoms with Crippen LogP contribution in [0.2, 0.25) is 0 Å². The quantitative estimate of drug-likeness (QED) is 0.632. The number of anilines is 1. The molecule has 1 aliphatic rings. The number of ether oxygens (including phenoxy) is 1. The Bertz CT molecular complexity index is 944. The number of halogens is 3. The lowest BCUT2D eigenvalue weighted by atomic mass is 9.94. The highest BCUT2D eigenvalue weighted by atomic mass is 32.1. The van der Waals surface area contributed by atoms with Gasteiger partial charge in [-0.1, -0.05) is 6.07 Å². The number of nitrogens with zero attached hydrogens (tertiary/aromatic N) is 1. The van der Waals surface area contributed by atoms with Crippen molar-refractivity contribution in [1.29, 1.82) is 0 Å². The molecule has 0 saturated carbocycles. The summed E-state index contributed by atoms with van der Waals surface area (Å²) in [4.78, 5) is 14.0. The van der Waals surface area contributed by atoms with E-state index < -0.39 is 29.5 Å². The number of carbonyl (C=O) groups excluding carboxylic acids is 1. The highest BCUT2D eigenvalue weighted by molar-refractivity contribution is 7.80. The van der Waals surface area contributed by atoms with E-state index in [0.29, 0.717) is 11.4 Å². The van der Waals surface area contributed by atoms with E-state index in [1.54, 1.807) is 6.92 Å². The van der Waals surface area contributed by atoms with Gasteiger partial charge in [0, 0.05) is 23.0 Å². The fourth-order valence-corrected chi connectivity index (χ4v) is 3.35. The van der Waals surface area contributed by atoms with Gasteiger partial charge in [0.2, 0.25) is 0 Å². The Balaban J connectivity index is 2.15. The number of carbonyl (C=O) groups is 1. The average Bonchev–Trinajstić information content (AvgIpc) is 2.62. The molecule has 2 aromatic rings. The minimum Gasteiger partial charge on any atom is -0.466 e. The summed E-state index contributed by atoms with van der Waals surface area (Å²) in [6.45, 7) is 1.62. The molecule has 0 saturated heterocycles. The van der Waals surface area contributed by atoms with E-state index in [4.69, 9.17) is 17.0 Å². The maximum atomic E-state index is 14.3. The second kappa shape index (κ2) is 7.40. The van der Waals surface area contributed by atoms with Gasteiger partial charge in [-0.3, -0.25) is 4.90 Å². The van der Waals surface area contributed by atoms with Gasteiger partial charge in [-0.15, -0.1) is 0 Å². The summed E-state index contributed by atoms with van der Waals surface area (Å²) in [5, 5.41) is 3.08. The molecule has 0 unspecified atom stereocenters. The molecule has 140 valence electrons. The lowest BCUT2D eigenvalue weighted by Crippen LogP contribution is -2.48. The Morgan fingerprint density at radius 1 is 1.11 bits per heavy atom. The molecule has 0 radical (unpaired) electrons. The van der Waals surface area contributed by atoms with E-state index in [0.717, 1.165) is 12.1 Å². The average molecular weight is 392 g/mol. The van der Waals surface area contributed by atoms with E-state index in [2.05, 4.69) is 5.32 Å². The summed E-state index contributed by atoms with van der Waals surface area (Å²) in [6.07, 6.45) is 0. The van der Waals surface area contributed by atoms with Gasteiger partial charge in [0.15, 0.2) is 5.11 Å². The lowest BCUT2D eigenvalue weighted by Gasteiger charge is -2.37. The van der Waals surface area contributed by atoms with Crippen LogP contribution in [0.4, 0.5) is 18.9 Å². The number of thiocarbonyl (C=S) groups is 1. The Kier molecular flexibility index (Phi) is 5.18. The molecule has 0 spiro atoms. The Morgan fingerprint density at radius 2 is 1.74 bits per heavy atom. The molecule has 0 fully saturated rings. The van der Waals surface area contributed by atoms with Crippen LogP contribution in [0, 0.1) is 17.5 Å². The topological polar surface area (TPSA) is 41.6 Å². The fraction of sp³-hybridized carbons (Fsp3) is 0.158. The van der Waals surface area contributed by atoms with Crippen molar-refractivity contribution in [1.82, 2.24) is 5.32 Å². The second-order valence-corrected chi connectivity index (χ2v) is 6.24. The van der Waals surface area contributed by atoms with Gasteiger partial charge >= 0.3 is 5.97 Å². The number of benzene rings is 2. The van der Waals surface area contributed by atoms with Crippen LogP contribution in [0.15, 0.2) is 53.7 Å². The Labute approximate surface area is 159 Å². The molecule has 1 heterocycles. The molecule has 2 aromatic carbocycles. The molecule has 27 heavy (non-hydrogen) atoms. The smallest absolute Gasteiger partial charge is 0.337 e. The monoisotopic (exact) mass is 392 g/mol. The first-order valence-electron chi connectivity index (χ1n) is 7.93. The first kappa shape index (κ1) is 18.9. The van der Waals surface area contributed by atoms with Crippen LogP contribution >= 0.6 is 12.2 Å². The summed E-state index contributed by atoms with van der Waals surface area (Å²) in [7, 11) is 1.20. The maximum absolute atomic E-state index is 14.3. The molecule has 1 aliphatic heterocycles. The molecule has 0 aromatic heterocycles. The molecular weight excluding hydrogens is 377 g/mol. The third-order valence-corrected chi connectivity index (χ3v) is 4.55. The van der Waals surface area contributed by atoms with Crippen LogP contribution in [-0.2, 0) is 9.53 Å². The summed E-state index contributed by atoms with van der Waals surface area (Å²) in [5.74, 6) is -2.67. The van der Waals surface area contributed by atoms with Crippen molar-refractivity contribution >= 4 is 29.0 Å². The third-order valence-electron chi connectivity index (χ3n) is 4.25. The standard InChI is InChI=1S/C19H15F3N2O2S/c1-10-16(18(25)26-2)17(14-8-5-12(21)9-15(14)22)23-19(27)24(10)13-6-3-11(20)4-7-13/h3-9,17H,1-2H3,(H,23,27)/t17-/m1/s1. The van der Waals surface area contributed by atoms with E-state index in [-0.39, 0.29) is 16.2 Å².